The summed E-state index contributed by atoms with van der Waals surface area (Å²) < 4.78 is 13.5. The molecule has 1 aromatic rings. The second-order valence-corrected chi connectivity index (χ2v) is 6.49. The van der Waals surface area contributed by atoms with Crippen molar-refractivity contribution in [2.24, 2.45) is 11.3 Å². The lowest BCUT2D eigenvalue weighted by Crippen LogP contribution is -2.38. The van der Waals surface area contributed by atoms with E-state index in [0.29, 0.717) is 23.2 Å². The Morgan fingerprint density at radius 3 is 2.37 bits per heavy atom. The predicted molar refractivity (Wildman–Crippen MR) is 76.2 cm³/mol. The molecule has 1 aromatic carbocycles. The second kappa shape index (κ2) is 5.32. The zero-order chi connectivity index (χ0) is 14.0. The van der Waals surface area contributed by atoms with Gasteiger partial charge >= 0.3 is 0 Å². The lowest BCUT2D eigenvalue weighted by molar-refractivity contribution is 0.112. The first-order valence-corrected chi connectivity index (χ1v) is 6.91. The summed E-state index contributed by atoms with van der Waals surface area (Å²) in [6.45, 7) is 8.70. The summed E-state index contributed by atoms with van der Waals surface area (Å²) >= 11 is 0. The third-order valence-electron chi connectivity index (χ3n) is 4.13. The van der Waals surface area contributed by atoms with E-state index in [2.05, 4.69) is 25.7 Å². The first kappa shape index (κ1) is 14.0. The molecule has 104 valence electrons. The molecule has 3 heteroatoms. The molecule has 0 atom stereocenters. The molecule has 1 heterocycles. The Labute approximate surface area is 114 Å². The SMILES string of the molecule is CC(C)(C)C1CCN(c2cc(F)cc(C=O)c2)CC1. The second-order valence-electron chi connectivity index (χ2n) is 6.49. The Bertz CT molecular complexity index is 456. The molecule has 1 aliphatic rings. The molecular weight excluding hydrogens is 241 g/mol. The number of benzene rings is 1. The van der Waals surface area contributed by atoms with Gasteiger partial charge in [0.25, 0.3) is 0 Å². The largest absolute Gasteiger partial charge is 0.371 e. The monoisotopic (exact) mass is 263 g/mol. The highest BCUT2D eigenvalue weighted by Gasteiger charge is 2.28. The van der Waals surface area contributed by atoms with Gasteiger partial charge in [0, 0.05) is 24.3 Å². The quantitative estimate of drug-likeness (QED) is 0.754. The van der Waals surface area contributed by atoms with Crippen molar-refractivity contribution in [2.45, 2.75) is 33.6 Å². The van der Waals surface area contributed by atoms with Crippen molar-refractivity contribution in [1.29, 1.82) is 0 Å². The van der Waals surface area contributed by atoms with E-state index in [1.54, 1.807) is 6.07 Å². The van der Waals surface area contributed by atoms with Gasteiger partial charge in [-0.15, -0.1) is 0 Å². The maximum absolute atomic E-state index is 13.5. The van der Waals surface area contributed by atoms with Crippen LogP contribution >= 0.6 is 0 Å². The smallest absolute Gasteiger partial charge is 0.150 e. The number of piperidine rings is 1. The number of carbonyl (C=O) groups is 1. The molecule has 0 radical (unpaired) electrons. The Balaban J connectivity index is 2.09. The summed E-state index contributed by atoms with van der Waals surface area (Å²) in [5.41, 5.74) is 1.57. The molecule has 0 aromatic heterocycles. The minimum Gasteiger partial charge on any atom is -0.371 e. The van der Waals surface area contributed by atoms with E-state index in [-0.39, 0.29) is 5.82 Å². The normalized spacial score (nSPS) is 17.6. The average Bonchev–Trinajstić information content (AvgIpc) is 2.37. The lowest BCUT2D eigenvalue weighted by Gasteiger charge is -2.39. The van der Waals surface area contributed by atoms with E-state index in [4.69, 9.17) is 0 Å². The fourth-order valence-electron chi connectivity index (χ4n) is 2.85. The van der Waals surface area contributed by atoms with E-state index in [0.717, 1.165) is 31.6 Å². The van der Waals surface area contributed by atoms with Crippen LogP contribution in [0, 0.1) is 17.2 Å². The molecular formula is C16H22FNO. The van der Waals surface area contributed by atoms with E-state index >= 15 is 0 Å². The number of aldehydes is 1. The van der Waals surface area contributed by atoms with Gasteiger partial charge in [-0.1, -0.05) is 20.8 Å². The molecule has 0 bridgehead atoms. The Kier molecular flexibility index (Phi) is 3.93. The molecule has 0 spiro atoms. The average molecular weight is 263 g/mol. The van der Waals surface area contributed by atoms with Gasteiger partial charge in [0.05, 0.1) is 0 Å². The Morgan fingerprint density at radius 2 is 1.84 bits per heavy atom. The number of halogens is 1. The summed E-state index contributed by atoms with van der Waals surface area (Å²) in [4.78, 5) is 13.0. The third kappa shape index (κ3) is 3.34. The van der Waals surface area contributed by atoms with Crippen molar-refractivity contribution in [3.63, 3.8) is 0 Å². The number of rotatable bonds is 2. The van der Waals surface area contributed by atoms with Crippen LogP contribution in [0.25, 0.3) is 0 Å². The van der Waals surface area contributed by atoms with Crippen molar-refractivity contribution in [3.05, 3.63) is 29.6 Å². The third-order valence-corrected chi connectivity index (χ3v) is 4.13. The fraction of sp³-hybridized carbons (Fsp3) is 0.562. The minimum absolute atomic E-state index is 0.335. The Morgan fingerprint density at radius 1 is 1.21 bits per heavy atom. The van der Waals surface area contributed by atoms with Crippen LogP contribution in [0.4, 0.5) is 10.1 Å². The Hall–Kier alpha value is -1.38. The van der Waals surface area contributed by atoms with Crippen molar-refractivity contribution in [1.82, 2.24) is 0 Å². The topological polar surface area (TPSA) is 20.3 Å². The number of anilines is 1. The van der Waals surface area contributed by atoms with E-state index in [1.165, 1.54) is 12.1 Å². The molecule has 1 saturated heterocycles. The molecule has 19 heavy (non-hydrogen) atoms. The zero-order valence-corrected chi connectivity index (χ0v) is 11.9. The fourth-order valence-corrected chi connectivity index (χ4v) is 2.85. The summed E-state index contributed by atoms with van der Waals surface area (Å²) in [5.74, 6) is 0.375. The molecule has 0 aliphatic carbocycles. The molecule has 0 amide bonds. The minimum atomic E-state index is -0.336. The van der Waals surface area contributed by atoms with Gasteiger partial charge in [-0.25, -0.2) is 4.39 Å². The highest BCUT2D eigenvalue weighted by Crippen LogP contribution is 2.35. The highest BCUT2D eigenvalue weighted by molar-refractivity contribution is 5.77. The summed E-state index contributed by atoms with van der Waals surface area (Å²) in [6, 6.07) is 4.57. The summed E-state index contributed by atoms with van der Waals surface area (Å²) in [6.07, 6.45) is 2.95. The highest BCUT2D eigenvalue weighted by atomic mass is 19.1. The van der Waals surface area contributed by atoms with Crippen LogP contribution in [0.5, 0.6) is 0 Å². The first-order chi connectivity index (χ1) is 8.90. The van der Waals surface area contributed by atoms with Crippen molar-refractivity contribution < 1.29 is 9.18 Å². The zero-order valence-electron chi connectivity index (χ0n) is 11.9. The molecule has 0 N–H and O–H groups in total. The standard InChI is InChI=1S/C16H22FNO/c1-16(2,3)13-4-6-18(7-5-13)15-9-12(11-19)8-14(17)10-15/h8-11,13H,4-7H2,1-3H3. The number of nitrogens with zero attached hydrogens (tertiary/aromatic N) is 1. The van der Waals surface area contributed by atoms with Crippen molar-refractivity contribution >= 4 is 12.0 Å². The van der Waals surface area contributed by atoms with Gasteiger partial charge in [0.2, 0.25) is 0 Å². The first-order valence-electron chi connectivity index (χ1n) is 6.91. The summed E-state index contributed by atoms with van der Waals surface area (Å²) in [7, 11) is 0. The number of hydrogen-bond donors (Lipinski definition) is 0. The molecule has 1 fully saturated rings. The summed E-state index contributed by atoms with van der Waals surface area (Å²) in [5, 5.41) is 0. The van der Waals surface area contributed by atoms with Crippen LogP contribution in [0.3, 0.4) is 0 Å². The van der Waals surface area contributed by atoms with E-state index in [1.807, 2.05) is 0 Å². The van der Waals surface area contributed by atoms with Crippen LogP contribution in [-0.4, -0.2) is 19.4 Å². The molecule has 2 nitrogen and oxygen atoms in total. The number of carbonyl (C=O) groups excluding carboxylic acids is 1. The van der Waals surface area contributed by atoms with Crippen molar-refractivity contribution in [3.8, 4) is 0 Å². The van der Waals surface area contributed by atoms with Gasteiger partial charge in [-0.05, 0) is 42.4 Å². The molecule has 2 rings (SSSR count). The van der Waals surface area contributed by atoms with Crippen LogP contribution in [0.2, 0.25) is 0 Å². The van der Waals surface area contributed by atoms with Crippen LogP contribution in [0.1, 0.15) is 44.0 Å². The van der Waals surface area contributed by atoms with Gasteiger partial charge in [-0.2, -0.15) is 0 Å². The van der Waals surface area contributed by atoms with Crippen LogP contribution in [-0.2, 0) is 0 Å². The van der Waals surface area contributed by atoms with Gasteiger partial charge in [0.15, 0.2) is 0 Å². The van der Waals surface area contributed by atoms with Gasteiger partial charge in [0.1, 0.15) is 12.1 Å². The molecule has 1 aliphatic heterocycles. The van der Waals surface area contributed by atoms with Gasteiger partial charge in [-0.3, -0.25) is 4.79 Å². The maximum atomic E-state index is 13.5. The predicted octanol–water partition coefficient (Wildman–Crippen LogP) is 3.90. The van der Waals surface area contributed by atoms with Crippen LogP contribution < -0.4 is 4.90 Å². The molecule has 0 unspecified atom stereocenters. The van der Waals surface area contributed by atoms with E-state index < -0.39 is 0 Å². The maximum Gasteiger partial charge on any atom is 0.150 e. The van der Waals surface area contributed by atoms with Crippen molar-refractivity contribution in [2.75, 3.05) is 18.0 Å². The van der Waals surface area contributed by atoms with E-state index in [9.17, 15) is 9.18 Å². The van der Waals surface area contributed by atoms with Crippen LogP contribution in [0.15, 0.2) is 18.2 Å². The number of hydrogen-bond acceptors (Lipinski definition) is 2. The lowest BCUT2D eigenvalue weighted by atomic mass is 9.75. The molecule has 0 saturated carbocycles. The van der Waals surface area contributed by atoms with Gasteiger partial charge < -0.3 is 4.90 Å².